The highest BCUT2D eigenvalue weighted by Crippen LogP contribution is 2.19. The number of esters is 1. The summed E-state index contributed by atoms with van der Waals surface area (Å²) in [6.07, 6.45) is 2.80. The average Bonchev–Trinajstić information content (AvgIpc) is 2.89. The molecule has 1 aromatic heterocycles. The Hall–Kier alpha value is -2.03. The van der Waals surface area contributed by atoms with E-state index >= 15 is 0 Å². The molecule has 0 saturated carbocycles. The van der Waals surface area contributed by atoms with Crippen LogP contribution in [0.3, 0.4) is 0 Å². The smallest absolute Gasteiger partial charge is 0.323 e. The SMILES string of the molecule is COC(=O)[C@H](Cc1c[nH]c2ccccc12)NCCC#N.Cl. The molecule has 0 saturated heterocycles. The van der Waals surface area contributed by atoms with Gasteiger partial charge in [-0.2, -0.15) is 5.26 Å². The van der Waals surface area contributed by atoms with Crippen molar-refractivity contribution in [2.45, 2.75) is 18.9 Å². The molecule has 2 rings (SSSR count). The molecular weight excluding hydrogens is 290 g/mol. The summed E-state index contributed by atoms with van der Waals surface area (Å²) in [5.74, 6) is -0.312. The van der Waals surface area contributed by atoms with Crippen LogP contribution in [0.2, 0.25) is 0 Å². The largest absolute Gasteiger partial charge is 0.468 e. The second kappa shape index (κ2) is 8.30. The first-order valence-electron chi connectivity index (χ1n) is 6.49. The van der Waals surface area contributed by atoms with Gasteiger partial charge in [0.1, 0.15) is 6.04 Å². The third-order valence-corrected chi connectivity index (χ3v) is 3.21. The van der Waals surface area contributed by atoms with Crippen LogP contribution in [0.25, 0.3) is 10.9 Å². The molecule has 1 atom stereocenters. The van der Waals surface area contributed by atoms with Gasteiger partial charge in [0, 0.05) is 36.5 Å². The Morgan fingerprint density at radius 2 is 2.24 bits per heavy atom. The van der Waals surface area contributed by atoms with Crippen molar-refractivity contribution in [3.8, 4) is 6.07 Å². The standard InChI is InChI=1S/C15H17N3O2.ClH/c1-20-15(19)14(17-8-4-7-16)9-11-10-18-13-6-3-2-5-12(11)13;/h2-3,5-6,10,14,17-18H,4,8-9H2,1H3;1H/t14-;/m0./s1. The van der Waals surface area contributed by atoms with Gasteiger partial charge in [-0.05, 0) is 11.6 Å². The number of hydrogen-bond acceptors (Lipinski definition) is 4. The zero-order chi connectivity index (χ0) is 14.4. The highest BCUT2D eigenvalue weighted by atomic mass is 35.5. The van der Waals surface area contributed by atoms with Gasteiger partial charge in [-0.1, -0.05) is 18.2 Å². The van der Waals surface area contributed by atoms with Gasteiger partial charge >= 0.3 is 5.97 Å². The molecule has 0 radical (unpaired) electrons. The molecule has 21 heavy (non-hydrogen) atoms. The van der Waals surface area contributed by atoms with E-state index in [1.165, 1.54) is 7.11 Å². The van der Waals surface area contributed by atoms with Crippen LogP contribution in [0.15, 0.2) is 30.5 Å². The molecule has 6 heteroatoms. The highest BCUT2D eigenvalue weighted by molar-refractivity contribution is 5.85. The lowest BCUT2D eigenvalue weighted by molar-refractivity contribution is -0.143. The minimum absolute atomic E-state index is 0. The first-order valence-corrected chi connectivity index (χ1v) is 6.49. The number of fused-ring (bicyclic) bond motifs is 1. The second-order valence-electron chi connectivity index (χ2n) is 4.50. The number of nitriles is 1. The van der Waals surface area contributed by atoms with Crippen LogP contribution in [0.5, 0.6) is 0 Å². The number of carbonyl (C=O) groups excluding carboxylic acids is 1. The number of methoxy groups -OCH3 is 1. The maximum Gasteiger partial charge on any atom is 0.323 e. The number of nitrogens with zero attached hydrogens (tertiary/aromatic N) is 1. The maximum atomic E-state index is 11.8. The first-order chi connectivity index (χ1) is 9.76. The van der Waals surface area contributed by atoms with Crippen LogP contribution < -0.4 is 5.32 Å². The fraction of sp³-hybridized carbons (Fsp3) is 0.333. The number of aromatic nitrogens is 1. The predicted octanol–water partition coefficient (Wildman–Crippen LogP) is 2.18. The number of ether oxygens (including phenoxy) is 1. The van der Waals surface area contributed by atoms with Gasteiger partial charge in [0.15, 0.2) is 0 Å². The monoisotopic (exact) mass is 307 g/mol. The van der Waals surface area contributed by atoms with E-state index in [2.05, 4.69) is 10.3 Å². The summed E-state index contributed by atoms with van der Waals surface area (Å²) >= 11 is 0. The molecule has 0 unspecified atom stereocenters. The highest BCUT2D eigenvalue weighted by Gasteiger charge is 2.20. The molecule has 0 amide bonds. The molecule has 0 fully saturated rings. The molecule has 5 nitrogen and oxygen atoms in total. The number of rotatable bonds is 6. The van der Waals surface area contributed by atoms with Crippen LogP contribution in [-0.4, -0.2) is 30.6 Å². The summed E-state index contributed by atoms with van der Waals surface area (Å²) < 4.78 is 4.81. The van der Waals surface area contributed by atoms with Crippen molar-refractivity contribution < 1.29 is 9.53 Å². The van der Waals surface area contributed by atoms with Crippen LogP contribution in [0.4, 0.5) is 0 Å². The van der Waals surface area contributed by atoms with Crippen molar-refractivity contribution in [3.63, 3.8) is 0 Å². The zero-order valence-electron chi connectivity index (χ0n) is 11.8. The summed E-state index contributed by atoms with van der Waals surface area (Å²) in [5, 5.41) is 12.7. The lowest BCUT2D eigenvalue weighted by atomic mass is 10.0. The van der Waals surface area contributed by atoms with Crippen LogP contribution in [0.1, 0.15) is 12.0 Å². The van der Waals surface area contributed by atoms with Crippen LogP contribution >= 0.6 is 12.4 Å². The molecule has 0 spiro atoms. The quantitative estimate of drug-likeness (QED) is 0.633. The summed E-state index contributed by atoms with van der Waals surface area (Å²) in [4.78, 5) is 15.0. The second-order valence-corrected chi connectivity index (χ2v) is 4.50. The molecule has 112 valence electrons. The van der Waals surface area contributed by atoms with E-state index in [4.69, 9.17) is 10.00 Å². The fourth-order valence-corrected chi connectivity index (χ4v) is 2.20. The Morgan fingerprint density at radius 3 is 2.95 bits per heavy atom. The Labute approximate surface area is 129 Å². The minimum Gasteiger partial charge on any atom is -0.468 e. The van der Waals surface area contributed by atoms with E-state index < -0.39 is 6.04 Å². The summed E-state index contributed by atoms with van der Waals surface area (Å²) in [6, 6.07) is 9.56. The van der Waals surface area contributed by atoms with Gasteiger partial charge in [0.05, 0.1) is 13.2 Å². The molecule has 0 aliphatic heterocycles. The summed E-state index contributed by atoms with van der Waals surface area (Å²) in [6.45, 7) is 0.471. The lowest BCUT2D eigenvalue weighted by Crippen LogP contribution is -2.39. The van der Waals surface area contributed by atoms with E-state index in [1.807, 2.05) is 36.5 Å². The first kappa shape index (κ1) is 17.0. The van der Waals surface area contributed by atoms with Gasteiger partial charge in [-0.25, -0.2) is 0 Å². The third-order valence-electron chi connectivity index (χ3n) is 3.21. The van der Waals surface area contributed by atoms with Crippen LogP contribution in [-0.2, 0) is 16.0 Å². The van der Waals surface area contributed by atoms with Crippen molar-refractivity contribution in [2.24, 2.45) is 0 Å². The number of nitrogens with one attached hydrogen (secondary N) is 2. The van der Waals surface area contributed by atoms with Gasteiger partial charge in [0.25, 0.3) is 0 Å². The maximum absolute atomic E-state index is 11.8. The van der Waals surface area contributed by atoms with Gasteiger partial charge in [0.2, 0.25) is 0 Å². The van der Waals surface area contributed by atoms with E-state index in [9.17, 15) is 4.79 Å². The van der Waals surface area contributed by atoms with Gasteiger partial charge in [-0.15, -0.1) is 12.4 Å². The van der Waals surface area contributed by atoms with Crippen LogP contribution in [0, 0.1) is 11.3 Å². The number of benzene rings is 1. The fourth-order valence-electron chi connectivity index (χ4n) is 2.20. The normalized spacial score (nSPS) is 11.4. The van der Waals surface area contributed by atoms with E-state index in [0.29, 0.717) is 19.4 Å². The Balaban J connectivity index is 0.00000220. The molecular formula is C15H18ClN3O2. The molecule has 0 bridgehead atoms. The topological polar surface area (TPSA) is 77.9 Å². The number of halogens is 1. The Morgan fingerprint density at radius 1 is 1.48 bits per heavy atom. The molecule has 2 N–H and O–H groups in total. The van der Waals surface area contributed by atoms with E-state index in [1.54, 1.807) is 0 Å². The van der Waals surface area contributed by atoms with Crippen molar-refractivity contribution in [1.82, 2.24) is 10.3 Å². The molecule has 0 aliphatic carbocycles. The zero-order valence-corrected chi connectivity index (χ0v) is 12.6. The predicted molar refractivity (Wildman–Crippen MR) is 83.3 cm³/mol. The van der Waals surface area contributed by atoms with Gasteiger partial charge in [-0.3, -0.25) is 4.79 Å². The number of hydrogen-bond donors (Lipinski definition) is 2. The Kier molecular flexibility index (Phi) is 6.73. The average molecular weight is 308 g/mol. The number of aromatic amines is 1. The lowest BCUT2D eigenvalue weighted by Gasteiger charge is -2.15. The van der Waals surface area contributed by atoms with E-state index in [0.717, 1.165) is 16.5 Å². The molecule has 1 aromatic carbocycles. The number of H-pyrrole nitrogens is 1. The molecule has 0 aliphatic rings. The summed E-state index contributed by atoms with van der Waals surface area (Å²) in [7, 11) is 1.37. The van der Waals surface area contributed by atoms with E-state index in [-0.39, 0.29) is 18.4 Å². The van der Waals surface area contributed by atoms with Crippen molar-refractivity contribution in [2.75, 3.05) is 13.7 Å². The van der Waals surface area contributed by atoms with Crippen molar-refractivity contribution in [3.05, 3.63) is 36.0 Å². The van der Waals surface area contributed by atoms with Gasteiger partial charge < -0.3 is 15.0 Å². The number of carbonyl (C=O) groups is 1. The number of para-hydroxylation sites is 1. The Bertz CT molecular complexity index is 633. The summed E-state index contributed by atoms with van der Waals surface area (Å²) in [5.41, 5.74) is 2.10. The minimum atomic E-state index is -0.437. The van der Waals surface area contributed by atoms with Crippen molar-refractivity contribution >= 4 is 29.3 Å². The van der Waals surface area contributed by atoms with Crippen molar-refractivity contribution in [1.29, 1.82) is 5.26 Å². The molecule has 2 aromatic rings. The molecule has 1 heterocycles. The third kappa shape index (κ3) is 4.22.